The highest BCUT2D eigenvalue weighted by Crippen LogP contribution is 2.51. The van der Waals surface area contributed by atoms with Crippen molar-refractivity contribution in [1.82, 2.24) is 15.1 Å². The summed E-state index contributed by atoms with van der Waals surface area (Å²) < 4.78 is 0. The number of β-lactam (4-membered cyclic amide) rings is 1. The van der Waals surface area contributed by atoms with Gasteiger partial charge >= 0.3 is 5.97 Å². The maximum Gasteiger partial charge on any atom is 0.353 e. The summed E-state index contributed by atoms with van der Waals surface area (Å²) in [4.78, 5) is 39.8. The van der Waals surface area contributed by atoms with Crippen LogP contribution in [0.5, 0.6) is 0 Å². The van der Waals surface area contributed by atoms with Crippen molar-refractivity contribution in [2.24, 2.45) is 11.8 Å². The zero-order valence-corrected chi connectivity index (χ0v) is 16.1. The van der Waals surface area contributed by atoms with E-state index in [4.69, 9.17) is 0 Å². The van der Waals surface area contributed by atoms with Crippen LogP contribution in [0, 0.1) is 11.8 Å². The normalized spacial score (nSPS) is 34.6. The number of likely N-dealkylation sites (N-methyl/N-ethyl adjacent to an activating group) is 1. The molecule has 0 aliphatic carbocycles. The fraction of sp³-hybridized carbons (Fsp3) is 0.706. The summed E-state index contributed by atoms with van der Waals surface area (Å²) in [5.41, 5.74) is 0.0387. The van der Waals surface area contributed by atoms with Gasteiger partial charge in [-0.1, -0.05) is 6.92 Å². The first-order chi connectivity index (χ1) is 12.1. The molecule has 0 bridgehead atoms. The number of nitrogens with zero attached hydrogens (tertiary/aromatic N) is 2. The van der Waals surface area contributed by atoms with E-state index in [9.17, 15) is 24.6 Å². The number of aliphatic hydroxyl groups is 1. The lowest BCUT2D eigenvalue weighted by Gasteiger charge is -2.46. The lowest BCUT2D eigenvalue weighted by atomic mass is 9.79. The zero-order valence-electron chi connectivity index (χ0n) is 15.3. The predicted octanol–water partition coefficient (Wildman–Crippen LogP) is -0.308. The van der Waals surface area contributed by atoms with E-state index in [0.29, 0.717) is 17.9 Å². The van der Waals surface area contributed by atoms with Crippen LogP contribution in [-0.4, -0.2) is 81.9 Å². The number of fused-ring (bicyclic) bond motifs is 1. The molecule has 6 atom stereocenters. The minimum atomic E-state index is -1.12. The molecule has 0 aromatic heterocycles. The van der Waals surface area contributed by atoms with Crippen LogP contribution in [0.25, 0.3) is 0 Å². The largest absolute Gasteiger partial charge is 0.477 e. The van der Waals surface area contributed by atoms with Gasteiger partial charge in [-0.05, 0) is 13.3 Å². The Balaban J connectivity index is 1.78. The molecule has 3 N–H and O–H groups in total. The van der Waals surface area contributed by atoms with Crippen molar-refractivity contribution in [2.75, 3.05) is 20.6 Å². The molecule has 3 rings (SSSR count). The third-order valence-electron chi connectivity index (χ3n) is 5.43. The van der Waals surface area contributed by atoms with Crippen molar-refractivity contribution < 1.29 is 24.6 Å². The van der Waals surface area contributed by atoms with Gasteiger partial charge in [0.1, 0.15) is 5.70 Å². The third-order valence-corrected chi connectivity index (χ3v) is 6.95. The Morgan fingerprint density at radius 3 is 2.58 bits per heavy atom. The van der Waals surface area contributed by atoms with Crippen LogP contribution < -0.4 is 5.32 Å². The van der Waals surface area contributed by atoms with E-state index in [-0.39, 0.29) is 40.8 Å². The minimum Gasteiger partial charge on any atom is -0.477 e. The number of carboxylic acid groups (broad SMARTS) is 1. The second-order valence-corrected chi connectivity index (χ2v) is 8.78. The molecule has 0 unspecified atom stereocenters. The molecular formula is C17H25N3O5S. The lowest BCUT2D eigenvalue weighted by molar-refractivity contribution is -0.163. The molecule has 144 valence electrons. The molecule has 8 nitrogen and oxygen atoms in total. The molecule has 0 radical (unpaired) electrons. The van der Waals surface area contributed by atoms with Crippen LogP contribution in [0.4, 0.5) is 0 Å². The van der Waals surface area contributed by atoms with E-state index in [1.165, 1.54) is 16.7 Å². The van der Waals surface area contributed by atoms with Gasteiger partial charge in [0.15, 0.2) is 0 Å². The van der Waals surface area contributed by atoms with E-state index in [1.807, 2.05) is 6.92 Å². The van der Waals surface area contributed by atoms with Crippen molar-refractivity contribution in [3.63, 3.8) is 0 Å². The molecule has 26 heavy (non-hydrogen) atoms. The molecule has 0 aromatic carbocycles. The van der Waals surface area contributed by atoms with Gasteiger partial charge in [-0.3, -0.25) is 9.59 Å². The highest BCUT2D eigenvalue weighted by atomic mass is 32.2. The quantitative estimate of drug-likeness (QED) is 0.559. The Morgan fingerprint density at radius 2 is 2.04 bits per heavy atom. The first kappa shape index (κ1) is 19.2. The number of thioether (sulfide) groups is 1. The highest BCUT2D eigenvalue weighted by molar-refractivity contribution is 8.03. The Morgan fingerprint density at radius 1 is 1.38 bits per heavy atom. The molecule has 0 spiro atoms. The van der Waals surface area contributed by atoms with Gasteiger partial charge < -0.3 is 25.3 Å². The van der Waals surface area contributed by atoms with Crippen molar-refractivity contribution in [3.8, 4) is 0 Å². The van der Waals surface area contributed by atoms with Gasteiger partial charge in [0, 0.05) is 36.7 Å². The monoisotopic (exact) mass is 383 g/mol. The molecule has 2 saturated heterocycles. The number of aliphatic hydroxyl groups excluding tert-OH is 1. The zero-order chi connectivity index (χ0) is 19.3. The maximum absolute atomic E-state index is 12.3. The number of amides is 2. The van der Waals surface area contributed by atoms with Gasteiger partial charge in [0.05, 0.1) is 24.1 Å². The number of carbonyl (C=O) groups excluding carboxylic acids is 2. The van der Waals surface area contributed by atoms with Crippen molar-refractivity contribution in [3.05, 3.63) is 10.6 Å². The number of aliphatic carboxylic acids is 1. The average molecular weight is 383 g/mol. The van der Waals surface area contributed by atoms with E-state index >= 15 is 0 Å². The highest BCUT2D eigenvalue weighted by Gasteiger charge is 2.60. The van der Waals surface area contributed by atoms with E-state index in [2.05, 4.69) is 5.32 Å². The fourth-order valence-electron chi connectivity index (χ4n) is 4.15. The van der Waals surface area contributed by atoms with Crippen molar-refractivity contribution in [1.29, 1.82) is 0 Å². The summed E-state index contributed by atoms with van der Waals surface area (Å²) in [7, 11) is 3.42. The molecule has 3 aliphatic heterocycles. The smallest absolute Gasteiger partial charge is 0.353 e. The Hall–Kier alpha value is -1.58. The number of hydrogen-bond acceptors (Lipinski definition) is 6. The predicted molar refractivity (Wildman–Crippen MR) is 96.1 cm³/mol. The molecule has 2 fully saturated rings. The molecule has 0 aromatic rings. The Kier molecular flexibility index (Phi) is 5.06. The van der Waals surface area contributed by atoms with Crippen LogP contribution in [0.2, 0.25) is 0 Å². The summed E-state index contributed by atoms with van der Waals surface area (Å²) in [6, 6.07) is -0.568. The van der Waals surface area contributed by atoms with Gasteiger partial charge in [-0.2, -0.15) is 0 Å². The van der Waals surface area contributed by atoms with E-state index < -0.39 is 18.0 Å². The Bertz CT molecular complexity index is 677. The van der Waals surface area contributed by atoms with Gasteiger partial charge in [0.2, 0.25) is 11.8 Å². The van der Waals surface area contributed by atoms with Crippen LogP contribution in [-0.2, 0) is 14.4 Å². The summed E-state index contributed by atoms with van der Waals surface area (Å²) in [6.45, 7) is 4.08. The number of carboxylic acids is 1. The molecular weight excluding hydrogens is 358 g/mol. The minimum absolute atomic E-state index is 0.00757. The first-order valence-corrected chi connectivity index (χ1v) is 9.62. The summed E-state index contributed by atoms with van der Waals surface area (Å²) in [6.07, 6.45) is -0.190. The molecule has 3 heterocycles. The third kappa shape index (κ3) is 2.91. The van der Waals surface area contributed by atoms with Gasteiger partial charge in [-0.15, -0.1) is 11.8 Å². The fourth-order valence-corrected chi connectivity index (χ4v) is 5.63. The second-order valence-electron chi connectivity index (χ2n) is 7.44. The standard InChI is InChI=1S/C17H25N3O5S/c1-7-12-11(8(2)21)16(23)20(12)13(17(24)25)14(7)26-9-5-10(18-6-9)15(22)19(3)4/h7-12,18,21H,5-6H2,1-4H3,(H,24,25)/t7-,8-,9-,10-,11-,12+/m0/s1. The summed E-state index contributed by atoms with van der Waals surface area (Å²) >= 11 is 1.45. The van der Waals surface area contributed by atoms with Crippen LogP contribution in [0.15, 0.2) is 10.6 Å². The van der Waals surface area contributed by atoms with Gasteiger partial charge in [0.25, 0.3) is 0 Å². The molecule has 3 aliphatic rings. The van der Waals surface area contributed by atoms with Crippen LogP contribution >= 0.6 is 11.8 Å². The Labute approximate surface area is 156 Å². The molecule has 0 saturated carbocycles. The van der Waals surface area contributed by atoms with Crippen molar-refractivity contribution >= 4 is 29.5 Å². The molecule has 2 amide bonds. The average Bonchev–Trinajstić information content (AvgIpc) is 3.09. The van der Waals surface area contributed by atoms with Gasteiger partial charge in [-0.25, -0.2) is 4.79 Å². The number of rotatable bonds is 5. The molecule has 9 heteroatoms. The second kappa shape index (κ2) is 6.86. The number of hydrogen-bond donors (Lipinski definition) is 3. The first-order valence-electron chi connectivity index (χ1n) is 8.75. The summed E-state index contributed by atoms with van der Waals surface area (Å²) in [5.74, 6) is -2.14. The SMILES string of the molecule is C[C@H](O)[C@@H]1C(=O)N2C(C(=O)O)=C(S[C@@H]3CN[C@H](C(=O)N(C)C)C3)[C@@H](C)[C@H]12. The van der Waals surface area contributed by atoms with E-state index in [0.717, 1.165) is 0 Å². The van der Waals surface area contributed by atoms with Crippen LogP contribution in [0.1, 0.15) is 20.3 Å². The topological polar surface area (TPSA) is 110 Å². The number of carbonyl (C=O) groups is 3. The van der Waals surface area contributed by atoms with Crippen molar-refractivity contribution in [2.45, 2.75) is 43.7 Å². The van der Waals surface area contributed by atoms with E-state index in [1.54, 1.807) is 25.9 Å². The van der Waals surface area contributed by atoms with Crippen LogP contribution in [0.3, 0.4) is 0 Å². The maximum atomic E-state index is 12.3. The summed E-state index contributed by atoms with van der Waals surface area (Å²) in [5, 5.41) is 22.8. The lowest BCUT2D eigenvalue weighted by Crippen LogP contribution is -2.63. The number of nitrogens with one attached hydrogen (secondary N) is 1.